The molecule has 1 fully saturated rings. The molecule has 0 amide bonds. The van der Waals surface area contributed by atoms with E-state index in [4.69, 9.17) is 14.2 Å². The molecule has 2 heterocycles. The Morgan fingerprint density at radius 3 is 2.50 bits per heavy atom. The van der Waals surface area contributed by atoms with Crippen LogP contribution in [0.3, 0.4) is 0 Å². The first-order valence-electron chi connectivity index (χ1n) is 5.57. The largest absolute Gasteiger partial charge is 0.467 e. The van der Waals surface area contributed by atoms with Crippen molar-refractivity contribution in [3.05, 3.63) is 0 Å². The lowest BCUT2D eigenvalue weighted by atomic mass is 10.2. The maximum atomic E-state index is 9.32. The summed E-state index contributed by atoms with van der Waals surface area (Å²) in [6.07, 6.45) is 0. The molecule has 100 valence electrons. The summed E-state index contributed by atoms with van der Waals surface area (Å²) in [4.78, 5) is 14.1. The quantitative estimate of drug-likeness (QED) is 0.740. The molecule has 0 bridgehead atoms. The molecule has 1 aromatic heterocycles. The Bertz CT molecular complexity index is 381. The number of nitrogens with zero attached hydrogens (tertiary/aromatic N) is 4. The number of rotatable bonds is 4. The summed E-state index contributed by atoms with van der Waals surface area (Å²) in [7, 11) is 2.95. The van der Waals surface area contributed by atoms with Gasteiger partial charge in [-0.05, 0) is 0 Å². The van der Waals surface area contributed by atoms with Crippen molar-refractivity contribution in [2.24, 2.45) is 0 Å². The molecule has 1 N–H and O–H groups in total. The van der Waals surface area contributed by atoms with Gasteiger partial charge in [0, 0.05) is 6.54 Å². The number of aliphatic hydroxyl groups is 1. The maximum absolute atomic E-state index is 9.32. The van der Waals surface area contributed by atoms with Gasteiger partial charge in [-0.3, -0.25) is 0 Å². The van der Waals surface area contributed by atoms with Crippen LogP contribution in [-0.2, 0) is 4.74 Å². The molecule has 0 radical (unpaired) electrons. The van der Waals surface area contributed by atoms with Crippen LogP contribution >= 0.6 is 0 Å². The minimum Gasteiger partial charge on any atom is -0.467 e. The lowest BCUT2D eigenvalue weighted by Gasteiger charge is -2.34. The summed E-state index contributed by atoms with van der Waals surface area (Å²) in [5.74, 6) is 0.418. The van der Waals surface area contributed by atoms with E-state index >= 15 is 0 Å². The standard InChI is InChI=1S/C10H16N4O4/c1-16-9-11-8(12-10(13-9)17-2)14-3-4-18-6-7(14)5-15/h7,15H,3-6H2,1-2H3. The third-order valence-electron chi connectivity index (χ3n) is 2.64. The molecule has 0 aromatic carbocycles. The van der Waals surface area contributed by atoms with Crippen molar-refractivity contribution in [2.45, 2.75) is 6.04 Å². The number of ether oxygens (including phenoxy) is 3. The van der Waals surface area contributed by atoms with Gasteiger partial charge in [0.25, 0.3) is 0 Å². The number of methoxy groups -OCH3 is 2. The fourth-order valence-electron chi connectivity index (χ4n) is 1.71. The number of aliphatic hydroxyl groups excluding tert-OH is 1. The maximum Gasteiger partial charge on any atom is 0.324 e. The second kappa shape index (κ2) is 5.78. The summed E-state index contributed by atoms with van der Waals surface area (Å²) in [5, 5.41) is 9.32. The van der Waals surface area contributed by atoms with Crippen LogP contribution in [0.25, 0.3) is 0 Å². The van der Waals surface area contributed by atoms with E-state index in [2.05, 4.69) is 15.0 Å². The van der Waals surface area contributed by atoms with Crippen LogP contribution in [-0.4, -0.2) is 66.7 Å². The summed E-state index contributed by atoms with van der Waals surface area (Å²) >= 11 is 0. The predicted molar refractivity (Wildman–Crippen MR) is 62.0 cm³/mol. The highest BCUT2D eigenvalue weighted by atomic mass is 16.5. The van der Waals surface area contributed by atoms with E-state index in [1.807, 2.05) is 4.90 Å². The molecule has 1 unspecified atom stereocenters. The average Bonchev–Trinajstić information content (AvgIpc) is 2.46. The van der Waals surface area contributed by atoms with Crippen molar-refractivity contribution in [2.75, 3.05) is 45.5 Å². The van der Waals surface area contributed by atoms with Gasteiger partial charge in [-0.15, -0.1) is 4.98 Å². The van der Waals surface area contributed by atoms with Gasteiger partial charge in [0.05, 0.1) is 40.1 Å². The minimum absolute atomic E-state index is 0.0314. The number of hydrogen-bond acceptors (Lipinski definition) is 8. The van der Waals surface area contributed by atoms with Crippen molar-refractivity contribution in [1.29, 1.82) is 0 Å². The van der Waals surface area contributed by atoms with Crippen LogP contribution in [0.15, 0.2) is 0 Å². The number of aromatic nitrogens is 3. The predicted octanol–water partition coefficient (Wildman–Crippen LogP) is -0.914. The zero-order valence-corrected chi connectivity index (χ0v) is 10.4. The van der Waals surface area contributed by atoms with Crippen molar-refractivity contribution in [3.63, 3.8) is 0 Å². The topological polar surface area (TPSA) is 89.8 Å². The molecular weight excluding hydrogens is 240 g/mol. The van der Waals surface area contributed by atoms with E-state index < -0.39 is 0 Å². The van der Waals surface area contributed by atoms with E-state index in [1.165, 1.54) is 14.2 Å². The van der Waals surface area contributed by atoms with Crippen LogP contribution in [0.5, 0.6) is 12.0 Å². The normalized spacial score (nSPS) is 19.7. The fraction of sp³-hybridized carbons (Fsp3) is 0.700. The van der Waals surface area contributed by atoms with Crippen LogP contribution in [0, 0.1) is 0 Å². The van der Waals surface area contributed by atoms with Crippen molar-refractivity contribution < 1.29 is 19.3 Å². The monoisotopic (exact) mass is 256 g/mol. The van der Waals surface area contributed by atoms with Crippen molar-refractivity contribution >= 4 is 5.95 Å². The highest BCUT2D eigenvalue weighted by Gasteiger charge is 2.26. The van der Waals surface area contributed by atoms with E-state index in [0.717, 1.165) is 0 Å². The number of anilines is 1. The molecule has 2 rings (SSSR count). The SMILES string of the molecule is COc1nc(OC)nc(N2CCOCC2CO)n1. The summed E-state index contributed by atoms with van der Waals surface area (Å²) < 4.78 is 15.3. The summed E-state index contributed by atoms with van der Waals surface area (Å²) in [6, 6.07) is 0.190. The Hall–Kier alpha value is -1.67. The minimum atomic E-state index is -0.171. The molecule has 1 aliphatic rings. The lowest BCUT2D eigenvalue weighted by molar-refractivity contribution is 0.0716. The number of morpholine rings is 1. The Morgan fingerprint density at radius 2 is 1.94 bits per heavy atom. The van der Waals surface area contributed by atoms with Gasteiger partial charge < -0.3 is 24.2 Å². The Kier molecular flexibility index (Phi) is 4.11. The third kappa shape index (κ3) is 2.59. The molecule has 8 heteroatoms. The van der Waals surface area contributed by atoms with Gasteiger partial charge in [-0.1, -0.05) is 0 Å². The third-order valence-corrected chi connectivity index (χ3v) is 2.64. The zero-order chi connectivity index (χ0) is 13.0. The average molecular weight is 256 g/mol. The molecule has 18 heavy (non-hydrogen) atoms. The van der Waals surface area contributed by atoms with Crippen LogP contribution < -0.4 is 14.4 Å². The Labute approximate surface area is 105 Å². The molecule has 0 aliphatic carbocycles. The van der Waals surface area contributed by atoms with E-state index in [1.54, 1.807) is 0 Å². The second-order valence-corrected chi connectivity index (χ2v) is 3.71. The van der Waals surface area contributed by atoms with Gasteiger partial charge in [0.1, 0.15) is 0 Å². The van der Waals surface area contributed by atoms with Gasteiger partial charge in [0.2, 0.25) is 5.95 Å². The molecule has 1 aliphatic heterocycles. The molecular formula is C10H16N4O4. The Morgan fingerprint density at radius 1 is 1.28 bits per heavy atom. The smallest absolute Gasteiger partial charge is 0.324 e. The summed E-state index contributed by atoms with van der Waals surface area (Å²) in [5.41, 5.74) is 0. The van der Waals surface area contributed by atoms with Gasteiger partial charge >= 0.3 is 12.0 Å². The molecule has 0 saturated carbocycles. The molecule has 1 atom stereocenters. The zero-order valence-electron chi connectivity index (χ0n) is 10.4. The van der Waals surface area contributed by atoms with E-state index in [-0.39, 0.29) is 24.7 Å². The van der Waals surface area contributed by atoms with E-state index in [0.29, 0.717) is 25.7 Å². The second-order valence-electron chi connectivity index (χ2n) is 3.71. The van der Waals surface area contributed by atoms with Crippen LogP contribution in [0.4, 0.5) is 5.95 Å². The molecule has 1 aromatic rings. The molecule has 0 spiro atoms. The van der Waals surface area contributed by atoms with Gasteiger partial charge in [-0.25, -0.2) is 0 Å². The van der Waals surface area contributed by atoms with Crippen LogP contribution in [0.1, 0.15) is 0 Å². The van der Waals surface area contributed by atoms with E-state index in [9.17, 15) is 5.11 Å². The van der Waals surface area contributed by atoms with Crippen LogP contribution in [0.2, 0.25) is 0 Å². The first-order valence-corrected chi connectivity index (χ1v) is 5.57. The molecule has 8 nitrogen and oxygen atoms in total. The first kappa shape index (κ1) is 12.8. The Balaban J connectivity index is 2.29. The lowest BCUT2D eigenvalue weighted by Crippen LogP contribution is -2.48. The van der Waals surface area contributed by atoms with Crippen molar-refractivity contribution in [1.82, 2.24) is 15.0 Å². The van der Waals surface area contributed by atoms with Crippen molar-refractivity contribution in [3.8, 4) is 12.0 Å². The highest BCUT2D eigenvalue weighted by molar-refractivity contribution is 5.34. The highest BCUT2D eigenvalue weighted by Crippen LogP contribution is 2.19. The van der Waals surface area contributed by atoms with Gasteiger partial charge in [-0.2, -0.15) is 9.97 Å². The fourth-order valence-corrected chi connectivity index (χ4v) is 1.71. The van der Waals surface area contributed by atoms with Gasteiger partial charge in [0.15, 0.2) is 0 Å². The first-order chi connectivity index (χ1) is 8.78. The summed E-state index contributed by atoms with van der Waals surface area (Å²) in [6.45, 7) is 1.57. The number of hydrogen-bond donors (Lipinski definition) is 1. The molecule has 1 saturated heterocycles.